The summed E-state index contributed by atoms with van der Waals surface area (Å²) in [6, 6.07) is 0. The van der Waals surface area contributed by atoms with Crippen molar-refractivity contribution in [2.75, 3.05) is 13.2 Å². The van der Waals surface area contributed by atoms with E-state index in [4.69, 9.17) is 18.5 Å². The number of allylic oxidation sites excluding steroid dienone is 15. The highest BCUT2D eigenvalue weighted by atomic mass is 31.2. The number of carbonyl (C=O) groups excluding carboxylic acids is 2. The first kappa shape index (κ1) is 64.9. The number of phosphoric ester groups is 2. The summed E-state index contributed by atoms with van der Waals surface area (Å²) < 4.78 is 49.3. The molecule has 400 valence electrons. The zero-order chi connectivity index (χ0) is 51.9. The van der Waals surface area contributed by atoms with Gasteiger partial charge >= 0.3 is 27.6 Å². The van der Waals surface area contributed by atoms with Gasteiger partial charge in [-0.05, 0) is 83.5 Å². The Hall–Kier alpha value is -3.12. The molecule has 9 atom stereocenters. The van der Waals surface area contributed by atoms with Crippen LogP contribution in [0.2, 0.25) is 0 Å². The molecule has 70 heavy (non-hydrogen) atoms. The number of aliphatic hydroxyl groups excluding tert-OH is 5. The lowest BCUT2D eigenvalue weighted by atomic mass is 9.85. The second-order valence-electron chi connectivity index (χ2n) is 17.0. The molecule has 17 nitrogen and oxygen atoms in total. The van der Waals surface area contributed by atoms with Crippen molar-refractivity contribution in [3.05, 3.63) is 97.2 Å². The number of unbranched alkanes of at least 4 members (excludes halogenated alkanes) is 9. The number of phosphoric acid groups is 2. The summed E-state index contributed by atoms with van der Waals surface area (Å²) in [4.78, 5) is 54.4. The molecule has 0 bridgehead atoms. The third-order valence-electron chi connectivity index (χ3n) is 10.7. The van der Waals surface area contributed by atoms with Crippen LogP contribution in [0.5, 0.6) is 0 Å². The number of esters is 2. The van der Waals surface area contributed by atoms with Crippen molar-refractivity contribution in [1.29, 1.82) is 0 Å². The zero-order valence-corrected chi connectivity index (χ0v) is 43.1. The Morgan fingerprint density at radius 1 is 0.543 bits per heavy atom. The van der Waals surface area contributed by atoms with Crippen LogP contribution < -0.4 is 0 Å². The lowest BCUT2D eigenvalue weighted by Gasteiger charge is -2.43. The van der Waals surface area contributed by atoms with Crippen molar-refractivity contribution < 1.29 is 82.0 Å². The minimum atomic E-state index is -5.39. The Morgan fingerprint density at radius 2 is 1.04 bits per heavy atom. The molecule has 1 aliphatic rings. The molecule has 0 aromatic heterocycles. The van der Waals surface area contributed by atoms with Gasteiger partial charge in [0.05, 0.1) is 12.7 Å². The highest BCUT2D eigenvalue weighted by molar-refractivity contribution is 7.47. The van der Waals surface area contributed by atoms with Gasteiger partial charge in [0.25, 0.3) is 0 Å². The summed E-state index contributed by atoms with van der Waals surface area (Å²) in [5, 5.41) is 51.6. The topological polar surface area (TPSA) is 276 Å². The molecule has 8 N–H and O–H groups in total. The van der Waals surface area contributed by atoms with Gasteiger partial charge in [0.1, 0.15) is 43.2 Å². The minimum Gasteiger partial charge on any atom is -0.462 e. The Balaban J connectivity index is 2.68. The lowest BCUT2D eigenvalue weighted by molar-refractivity contribution is -0.216. The van der Waals surface area contributed by atoms with Gasteiger partial charge in [0.15, 0.2) is 6.10 Å². The van der Waals surface area contributed by atoms with Crippen molar-refractivity contribution >= 4 is 27.6 Å². The average Bonchev–Trinajstić information content (AvgIpc) is 3.31. The van der Waals surface area contributed by atoms with E-state index < -0.39 is 89.6 Å². The SMILES string of the molecule is CC/C=C\C/C=C\C/C=C\C/C=C\C/C=C\CCCCCC(=O)O[C@H](COC(=O)CCCC(O)/C=C/C=C/C/C=C/CCCCCCCC)COP(=O)(O)O[C@H]1C(O)C(O)C(O)[C@@H](OP(=O)(O)O)C1O. The quantitative estimate of drug-likeness (QED) is 0.00935. The number of hydrogen-bond acceptors (Lipinski definition) is 14. The fourth-order valence-corrected chi connectivity index (χ4v) is 8.42. The Kier molecular flexibility index (Phi) is 37.4. The summed E-state index contributed by atoms with van der Waals surface area (Å²) in [6.45, 7) is 2.79. The Morgan fingerprint density at radius 3 is 1.61 bits per heavy atom. The van der Waals surface area contributed by atoms with Crippen LogP contribution in [0.4, 0.5) is 0 Å². The average molecular weight is 1030 g/mol. The molecule has 1 aliphatic carbocycles. The standard InChI is InChI=1S/C51H84O17P2/c1-3-5-7-9-11-13-15-17-18-19-20-21-22-24-26-28-30-32-34-38-45(54)66-43(41-65-70(62,63)68-51-48(57)46(55)47(56)50(49(51)58)67-69(59,60)61)40-64-44(53)39-35-37-42(52)36-33-31-29-27-25-23-16-14-12-10-8-6-4-2/h5,7,11,13,17-18,20-21,23-26,29,31,33,36,42-43,46-52,55-58H,3-4,6,8-10,12,14-16,19,22,27-28,30,32,34-35,37-41H2,1-2H3,(H,62,63)(H2,59,60,61)/b7-5-,13-11-,18-17-,21-20-,25-23+,26-24-,31-29+,36-33+/t42?,43-,46?,47?,48?,49?,50-,51+/m1/s1. The number of carbonyl (C=O) groups is 2. The summed E-state index contributed by atoms with van der Waals surface area (Å²) in [7, 11) is -10.8. The van der Waals surface area contributed by atoms with Gasteiger partial charge in [-0.25, -0.2) is 9.13 Å². The summed E-state index contributed by atoms with van der Waals surface area (Å²) in [6.07, 6.45) is 33.8. The molecule has 1 fully saturated rings. The van der Waals surface area contributed by atoms with Gasteiger partial charge in [0.2, 0.25) is 0 Å². The Labute approximate surface area is 416 Å². The van der Waals surface area contributed by atoms with E-state index in [1.807, 2.05) is 12.2 Å². The monoisotopic (exact) mass is 1030 g/mol. The number of hydrogen-bond donors (Lipinski definition) is 8. The van der Waals surface area contributed by atoms with E-state index in [1.165, 1.54) is 38.5 Å². The van der Waals surface area contributed by atoms with Crippen LogP contribution >= 0.6 is 15.6 Å². The highest BCUT2D eigenvalue weighted by Gasteiger charge is 2.54. The third-order valence-corrected chi connectivity index (χ3v) is 12.2. The van der Waals surface area contributed by atoms with E-state index in [0.29, 0.717) is 12.8 Å². The maximum atomic E-state index is 13.0. The second kappa shape index (κ2) is 40.4. The molecule has 0 aromatic rings. The van der Waals surface area contributed by atoms with Gasteiger partial charge in [0, 0.05) is 12.8 Å². The molecule has 0 heterocycles. The van der Waals surface area contributed by atoms with Crippen molar-refractivity contribution in [3.63, 3.8) is 0 Å². The number of ether oxygens (including phenoxy) is 2. The second-order valence-corrected chi connectivity index (χ2v) is 19.6. The van der Waals surface area contributed by atoms with E-state index in [0.717, 1.165) is 57.8 Å². The van der Waals surface area contributed by atoms with Gasteiger partial charge in [-0.3, -0.25) is 23.2 Å². The van der Waals surface area contributed by atoms with Crippen LogP contribution in [0.25, 0.3) is 0 Å². The molecule has 0 aromatic carbocycles. The molecule has 0 saturated heterocycles. The first-order valence-electron chi connectivity index (χ1n) is 24.9. The summed E-state index contributed by atoms with van der Waals surface area (Å²) >= 11 is 0. The van der Waals surface area contributed by atoms with E-state index in [2.05, 4.69) is 91.3 Å². The predicted octanol–water partition coefficient (Wildman–Crippen LogP) is 8.92. The van der Waals surface area contributed by atoms with Gasteiger partial charge in [-0.15, -0.1) is 0 Å². The first-order chi connectivity index (χ1) is 33.5. The van der Waals surface area contributed by atoms with Crippen molar-refractivity contribution in [2.45, 2.75) is 198 Å². The van der Waals surface area contributed by atoms with Crippen molar-refractivity contribution in [1.82, 2.24) is 0 Å². The van der Waals surface area contributed by atoms with E-state index in [1.54, 1.807) is 12.2 Å². The van der Waals surface area contributed by atoms with Crippen molar-refractivity contribution in [2.24, 2.45) is 0 Å². The van der Waals surface area contributed by atoms with Gasteiger partial charge in [-0.1, -0.05) is 150 Å². The molecule has 1 saturated carbocycles. The molecule has 6 unspecified atom stereocenters. The summed E-state index contributed by atoms with van der Waals surface area (Å²) in [5.74, 6) is -1.45. The van der Waals surface area contributed by atoms with Crippen LogP contribution in [0.3, 0.4) is 0 Å². The molecule has 0 spiro atoms. The Bertz CT molecular complexity index is 1730. The van der Waals surface area contributed by atoms with Crippen LogP contribution in [-0.4, -0.2) is 114 Å². The van der Waals surface area contributed by atoms with Crippen LogP contribution in [0.1, 0.15) is 149 Å². The molecule has 19 heteroatoms. The van der Waals surface area contributed by atoms with Gasteiger partial charge < -0.3 is 49.7 Å². The molecule has 0 aliphatic heterocycles. The molecular weight excluding hydrogens is 946 g/mol. The molecule has 0 amide bonds. The highest BCUT2D eigenvalue weighted by Crippen LogP contribution is 2.49. The maximum absolute atomic E-state index is 13.0. The largest absolute Gasteiger partial charge is 0.472 e. The minimum absolute atomic E-state index is 0.0401. The molecule has 1 rings (SSSR count). The van der Waals surface area contributed by atoms with Crippen molar-refractivity contribution in [3.8, 4) is 0 Å². The van der Waals surface area contributed by atoms with E-state index in [-0.39, 0.29) is 25.7 Å². The maximum Gasteiger partial charge on any atom is 0.472 e. The normalized spacial score (nSPS) is 22.3. The first-order valence-corrected chi connectivity index (χ1v) is 27.9. The van der Waals surface area contributed by atoms with Crippen LogP contribution in [0, 0.1) is 0 Å². The van der Waals surface area contributed by atoms with Gasteiger partial charge in [-0.2, -0.15) is 0 Å². The number of rotatable bonds is 40. The fraction of sp³-hybridized carbons (Fsp3) is 0.647. The van der Waals surface area contributed by atoms with E-state index in [9.17, 15) is 58.9 Å². The summed E-state index contributed by atoms with van der Waals surface area (Å²) in [5.41, 5.74) is 0. The molecular formula is C51H84O17P2. The zero-order valence-electron chi connectivity index (χ0n) is 41.3. The lowest BCUT2D eigenvalue weighted by Crippen LogP contribution is -2.64. The molecule has 0 radical (unpaired) electrons. The van der Waals surface area contributed by atoms with Crippen LogP contribution in [-0.2, 0) is 41.8 Å². The predicted molar refractivity (Wildman–Crippen MR) is 270 cm³/mol. The van der Waals surface area contributed by atoms with E-state index >= 15 is 0 Å². The smallest absolute Gasteiger partial charge is 0.462 e. The third kappa shape index (κ3) is 34.3. The fourth-order valence-electron chi connectivity index (χ4n) is 6.88. The number of aliphatic hydroxyl groups is 5. The van der Waals surface area contributed by atoms with Crippen LogP contribution in [0.15, 0.2) is 97.2 Å².